The van der Waals surface area contributed by atoms with Gasteiger partial charge in [-0.1, -0.05) is 25.1 Å². The fourth-order valence-corrected chi connectivity index (χ4v) is 5.19. The van der Waals surface area contributed by atoms with Crippen LogP contribution in [0.2, 0.25) is 0 Å². The van der Waals surface area contributed by atoms with Gasteiger partial charge in [-0.25, -0.2) is 4.39 Å². The zero-order valence-electron chi connectivity index (χ0n) is 26.5. The van der Waals surface area contributed by atoms with E-state index in [4.69, 9.17) is 18.9 Å². The van der Waals surface area contributed by atoms with Crippen molar-refractivity contribution in [3.63, 3.8) is 0 Å². The minimum absolute atomic E-state index is 0.0802. The topological polar surface area (TPSA) is 69.3 Å². The normalized spacial score (nSPS) is 14.9. The van der Waals surface area contributed by atoms with Crippen LogP contribution in [0.5, 0.6) is 17.2 Å². The summed E-state index contributed by atoms with van der Waals surface area (Å²) in [5.74, 6) is 1.21. The quantitative estimate of drug-likeness (QED) is 0.218. The molecule has 0 bridgehead atoms. The van der Waals surface area contributed by atoms with E-state index >= 15 is 0 Å². The standard InChI is InChI=1S/C35H43FN2O5/c1-10-24(43-34(4,5)11-2)20-41-25-14-15-27(31(19-25)40-9)26-16-17-29-32(38(8)33(39)35(6,7)37-29)28(26)21-42-30-18-23(36)13-12-22(30)3/h11-19,24,37H,2,10,20-21H2,1,3-9H3/t24-/m0/s1. The van der Waals surface area contributed by atoms with Crippen LogP contribution in [0.4, 0.5) is 15.8 Å². The molecule has 0 aromatic heterocycles. The Morgan fingerprint density at radius 1 is 1.07 bits per heavy atom. The molecule has 0 fully saturated rings. The number of halogens is 1. The van der Waals surface area contributed by atoms with E-state index in [0.717, 1.165) is 34.4 Å². The fourth-order valence-electron chi connectivity index (χ4n) is 5.19. The van der Waals surface area contributed by atoms with Crippen molar-refractivity contribution in [2.24, 2.45) is 0 Å². The first-order valence-corrected chi connectivity index (χ1v) is 14.5. The number of ether oxygens (including phenoxy) is 4. The van der Waals surface area contributed by atoms with Crippen molar-refractivity contribution in [1.29, 1.82) is 0 Å². The molecule has 3 aromatic carbocycles. The predicted molar refractivity (Wildman–Crippen MR) is 170 cm³/mol. The molecular formula is C35H43FN2O5. The maximum absolute atomic E-state index is 14.1. The van der Waals surface area contributed by atoms with Gasteiger partial charge in [0.2, 0.25) is 0 Å². The monoisotopic (exact) mass is 590 g/mol. The summed E-state index contributed by atoms with van der Waals surface area (Å²) in [6, 6.07) is 14.1. The molecule has 0 spiro atoms. The van der Waals surface area contributed by atoms with Gasteiger partial charge < -0.3 is 29.2 Å². The lowest BCUT2D eigenvalue weighted by molar-refractivity contribution is -0.121. The van der Waals surface area contributed by atoms with Crippen LogP contribution in [0.15, 0.2) is 61.2 Å². The molecule has 0 radical (unpaired) electrons. The summed E-state index contributed by atoms with van der Waals surface area (Å²) in [6.07, 6.45) is 2.45. The third-order valence-corrected chi connectivity index (χ3v) is 7.74. The third kappa shape index (κ3) is 6.96. The number of methoxy groups -OCH3 is 1. The SMILES string of the molecule is C=CC(C)(C)O[C@@H](CC)COc1ccc(-c2ccc3c(c2COc2cc(F)ccc2C)N(C)C(=O)C(C)(C)N3)c(OC)c1. The van der Waals surface area contributed by atoms with Crippen LogP contribution in [-0.2, 0) is 16.1 Å². The van der Waals surface area contributed by atoms with Crippen LogP contribution < -0.4 is 24.4 Å². The molecule has 0 aliphatic carbocycles. The second kappa shape index (κ2) is 12.7. The minimum Gasteiger partial charge on any atom is -0.496 e. The van der Waals surface area contributed by atoms with Crippen LogP contribution in [0.3, 0.4) is 0 Å². The number of anilines is 2. The van der Waals surface area contributed by atoms with E-state index in [1.807, 2.05) is 65.0 Å². The number of carbonyl (C=O) groups is 1. The Morgan fingerprint density at radius 3 is 2.47 bits per heavy atom. The highest BCUT2D eigenvalue weighted by atomic mass is 19.1. The van der Waals surface area contributed by atoms with Gasteiger partial charge in [-0.05, 0) is 76.4 Å². The Balaban J connectivity index is 1.73. The van der Waals surface area contributed by atoms with Crippen molar-refractivity contribution in [2.45, 2.75) is 71.8 Å². The van der Waals surface area contributed by atoms with Crippen LogP contribution >= 0.6 is 0 Å². The van der Waals surface area contributed by atoms with Gasteiger partial charge in [-0.3, -0.25) is 4.79 Å². The fraction of sp³-hybridized carbons (Fsp3) is 0.400. The number of nitrogens with zero attached hydrogens (tertiary/aromatic N) is 1. The Labute approximate surface area is 254 Å². The van der Waals surface area contributed by atoms with Crippen molar-refractivity contribution in [2.75, 3.05) is 31.0 Å². The number of fused-ring (bicyclic) bond motifs is 1. The number of hydrogen-bond acceptors (Lipinski definition) is 6. The number of amides is 1. The molecule has 1 amide bonds. The maximum atomic E-state index is 14.1. The predicted octanol–water partition coefficient (Wildman–Crippen LogP) is 7.69. The van der Waals surface area contributed by atoms with Crippen LogP contribution in [0.1, 0.15) is 52.2 Å². The maximum Gasteiger partial charge on any atom is 0.251 e. The highest BCUT2D eigenvalue weighted by Crippen LogP contribution is 2.45. The molecular weight excluding hydrogens is 547 g/mol. The van der Waals surface area contributed by atoms with E-state index in [1.165, 1.54) is 12.1 Å². The molecule has 1 heterocycles. The zero-order valence-corrected chi connectivity index (χ0v) is 26.5. The van der Waals surface area contributed by atoms with E-state index < -0.39 is 11.1 Å². The first kappa shape index (κ1) is 31.9. The zero-order chi connectivity index (χ0) is 31.5. The number of carbonyl (C=O) groups excluding carboxylic acids is 1. The Kier molecular flexibility index (Phi) is 9.40. The number of nitrogens with one attached hydrogen (secondary N) is 1. The van der Waals surface area contributed by atoms with Crippen molar-refractivity contribution < 1.29 is 28.1 Å². The first-order valence-electron chi connectivity index (χ1n) is 14.5. The van der Waals surface area contributed by atoms with E-state index in [9.17, 15) is 9.18 Å². The van der Waals surface area contributed by atoms with Crippen molar-refractivity contribution in [1.82, 2.24) is 0 Å². The number of likely N-dealkylation sites (N-methyl/N-ethyl adjacent to an activating group) is 1. The smallest absolute Gasteiger partial charge is 0.251 e. The average molecular weight is 591 g/mol. The Bertz CT molecular complexity index is 1500. The van der Waals surface area contributed by atoms with Gasteiger partial charge >= 0.3 is 0 Å². The van der Waals surface area contributed by atoms with Crippen molar-refractivity contribution in [3.8, 4) is 28.4 Å². The molecule has 1 aliphatic rings. The molecule has 0 unspecified atom stereocenters. The summed E-state index contributed by atoms with van der Waals surface area (Å²) >= 11 is 0. The molecule has 230 valence electrons. The van der Waals surface area contributed by atoms with E-state index in [2.05, 4.69) is 18.8 Å². The number of benzene rings is 3. The van der Waals surface area contributed by atoms with E-state index in [0.29, 0.717) is 29.5 Å². The van der Waals surface area contributed by atoms with Gasteiger partial charge in [-0.2, -0.15) is 0 Å². The van der Waals surface area contributed by atoms with E-state index in [1.54, 1.807) is 31.2 Å². The van der Waals surface area contributed by atoms with Crippen molar-refractivity contribution >= 4 is 17.3 Å². The van der Waals surface area contributed by atoms with Gasteiger partial charge in [0.05, 0.1) is 30.2 Å². The number of hydrogen-bond donors (Lipinski definition) is 1. The molecule has 8 heteroatoms. The lowest BCUT2D eigenvalue weighted by Gasteiger charge is -2.39. The molecule has 3 aromatic rings. The summed E-state index contributed by atoms with van der Waals surface area (Å²) in [4.78, 5) is 15.0. The van der Waals surface area contributed by atoms with Crippen LogP contribution in [0.25, 0.3) is 11.1 Å². The minimum atomic E-state index is -0.780. The summed E-state index contributed by atoms with van der Waals surface area (Å²) in [6.45, 7) is 15.9. The molecule has 0 saturated carbocycles. The Hall–Kier alpha value is -4.04. The highest BCUT2D eigenvalue weighted by Gasteiger charge is 2.38. The Morgan fingerprint density at radius 2 is 1.79 bits per heavy atom. The molecule has 4 rings (SSSR count). The highest BCUT2D eigenvalue weighted by molar-refractivity contribution is 6.08. The molecule has 0 saturated heterocycles. The third-order valence-electron chi connectivity index (χ3n) is 7.74. The molecule has 7 nitrogen and oxygen atoms in total. The number of rotatable bonds is 12. The lowest BCUT2D eigenvalue weighted by atomic mass is 9.91. The van der Waals surface area contributed by atoms with E-state index in [-0.39, 0.29) is 24.4 Å². The summed E-state index contributed by atoms with van der Waals surface area (Å²) in [7, 11) is 3.37. The summed E-state index contributed by atoms with van der Waals surface area (Å²) < 4.78 is 38.4. The molecule has 1 aliphatic heterocycles. The molecule has 43 heavy (non-hydrogen) atoms. The van der Waals surface area contributed by atoms with Gasteiger partial charge in [0, 0.05) is 30.3 Å². The lowest BCUT2D eigenvalue weighted by Crippen LogP contribution is -2.52. The largest absolute Gasteiger partial charge is 0.496 e. The van der Waals surface area contributed by atoms with Gasteiger partial charge in [0.1, 0.15) is 41.8 Å². The summed E-state index contributed by atoms with van der Waals surface area (Å²) in [5.41, 5.74) is 3.45. The summed E-state index contributed by atoms with van der Waals surface area (Å²) in [5, 5.41) is 3.37. The van der Waals surface area contributed by atoms with Crippen LogP contribution in [-0.4, -0.2) is 43.9 Å². The van der Waals surface area contributed by atoms with Crippen molar-refractivity contribution in [3.05, 3.63) is 78.1 Å². The van der Waals surface area contributed by atoms with Crippen LogP contribution in [0, 0.1) is 12.7 Å². The molecule has 1 atom stereocenters. The van der Waals surface area contributed by atoms with Gasteiger partial charge in [0.25, 0.3) is 5.91 Å². The first-order chi connectivity index (χ1) is 20.3. The average Bonchev–Trinajstić information content (AvgIpc) is 2.98. The van der Waals surface area contributed by atoms with Gasteiger partial charge in [0.15, 0.2) is 0 Å². The van der Waals surface area contributed by atoms with Gasteiger partial charge in [-0.15, -0.1) is 6.58 Å². The molecule has 1 N–H and O–H groups in total. The number of aryl methyl sites for hydroxylation is 1. The second-order valence-corrected chi connectivity index (χ2v) is 11.9. The second-order valence-electron chi connectivity index (χ2n) is 11.9.